The van der Waals surface area contributed by atoms with E-state index in [1.807, 2.05) is 60.7 Å². The second-order valence-corrected chi connectivity index (χ2v) is 7.27. The number of benzene rings is 5. The van der Waals surface area contributed by atoms with E-state index in [0.717, 1.165) is 38.7 Å². The SMILES string of the molecule is CCc1ccc2cc3ccccc3c(OC(=O)Oc3cccc4ccccc34)c2c1. The van der Waals surface area contributed by atoms with Gasteiger partial charge in [-0.15, -0.1) is 0 Å². The van der Waals surface area contributed by atoms with Crippen LogP contribution in [0.25, 0.3) is 32.3 Å². The Morgan fingerprint density at radius 2 is 1.37 bits per heavy atom. The minimum Gasteiger partial charge on any atom is -0.394 e. The summed E-state index contributed by atoms with van der Waals surface area (Å²) in [6.45, 7) is 2.11. The molecule has 0 aliphatic rings. The Hall–Kier alpha value is -3.85. The fourth-order valence-corrected chi connectivity index (χ4v) is 3.88. The van der Waals surface area contributed by atoms with Gasteiger partial charge in [-0.05, 0) is 46.3 Å². The molecule has 5 rings (SSSR count). The van der Waals surface area contributed by atoms with Gasteiger partial charge in [0.1, 0.15) is 11.5 Å². The number of carbonyl (C=O) groups excluding carboxylic acids is 1. The van der Waals surface area contributed by atoms with Crippen LogP contribution in [0.2, 0.25) is 0 Å². The largest absolute Gasteiger partial charge is 0.519 e. The second-order valence-electron chi connectivity index (χ2n) is 7.27. The van der Waals surface area contributed by atoms with Gasteiger partial charge in [-0.2, -0.15) is 0 Å². The normalized spacial score (nSPS) is 11.1. The van der Waals surface area contributed by atoms with Crippen molar-refractivity contribution in [3.63, 3.8) is 0 Å². The van der Waals surface area contributed by atoms with Crippen molar-refractivity contribution in [2.75, 3.05) is 0 Å². The van der Waals surface area contributed by atoms with E-state index >= 15 is 0 Å². The maximum Gasteiger partial charge on any atom is 0.519 e. The third-order valence-corrected chi connectivity index (χ3v) is 5.42. The summed E-state index contributed by atoms with van der Waals surface area (Å²) in [6, 6.07) is 29.7. The van der Waals surface area contributed by atoms with Gasteiger partial charge < -0.3 is 9.47 Å². The van der Waals surface area contributed by atoms with Crippen LogP contribution in [0.1, 0.15) is 12.5 Å². The van der Waals surface area contributed by atoms with Crippen LogP contribution in [0.3, 0.4) is 0 Å². The standard InChI is InChI=1S/C27H20O3/c1-2-18-14-15-21-17-20-9-4-6-12-23(20)26(24(21)16-18)30-27(28)29-25-13-7-10-19-8-3-5-11-22(19)25/h3-17H,2H2,1H3. The van der Waals surface area contributed by atoms with E-state index in [-0.39, 0.29) is 0 Å². The Labute approximate surface area is 174 Å². The number of carbonyl (C=O) groups is 1. The quantitative estimate of drug-likeness (QED) is 0.184. The average molecular weight is 392 g/mol. The molecule has 0 fully saturated rings. The van der Waals surface area contributed by atoms with Gasteiger partial charge in [-0.3, -0.25) is 0 Å². The summed E-state index contributed by atoms with van der Waals surface area (Å²) >= 11 is 0. The topological polar surface area (TPSA) is 35.5 Å². The third-order valence-electron chi connectivity index (χ3n) is 5.42. The van der Waals surface area contributed by atoms with Gasteiger partial charge in [-0.25, -0.2) is 4.79 Å². The van der Waals surface area contributed by atoms with Crippen molar-refractivity contribution in [1.29, 1.82) is 0 Å². The number of ether oxygens (including phenoxy) is 2. The van der Waals surface area contributed by atoms with Gasteiger partial charge in [0.25, 0.3) is 0 Å². The zero-order chi connectivity index (χ0) is 20.5. The molecule has 3 heteroatoms. The summed E-state index contributed by atoms with van der Waals surface area (Å²) in [7, 11) is 0. The summed E-state index contributed by atoms with van der Waals surface area (Å²) in [4.78, 5) is 12.8. The molecular formula is C27H20O3. The molecule has 0 aliphatic carbocycles. The molecule has 0 amide bonds. The maximum absolute atomic E-state index is 12.8. The molecule has 0 aromatic heterocycles. The molecule has 146 valence electrons. The smallest absolute Gasteiger partial charge is 0.394 e. The minimum absolute atomic E-state index is 0.483. The predicted octanol–water partition coefficient (Wildman–Crippen LogP) is 7.29. The lowest BCUT2D eigenvalue weighted by Gasteiger charge is -2.13. The highest BCUT2D eigenvalue weighted by Crippen LogP contribution is 2.36. The fraction of sp³-hybridized carbons (Fsp3) is 0.0741. The number of fused-ring (bicyclic) bond motifs is 3. The summed E-state index contributed by atoms with van der Waals surface area (Å²) in [5, 5.41) is 5.70. The molecular weight excluding hydrogens is 372 g/mol. The van der Waals surface area contributed by atoms with Gasteiger partial charge in [0.2, 0.25) is 0 Å². The highest BCUT2D eigenvalue weighted by molar-refractivity contribution is 6.06. The lowest BCUT2D eigenvalue weighted by atomic mass is 9.99. The molecule has 5 aromatic carbocycles. The van der Waals surface area contributed by atoms with Gasteiger partial charge in [0.15, 0.2) is 0 Å². The Kier molecular flexibility index (Phi) is 4.56. The average Bonchev–Trinajstić information content (AvgIpc) is 2.79. The maximum atomic E-state index is 12.8. The number of aryl methyl sites for hydroxylation is 1. The summed E-state index contributed by atoms with van der Waals surface area (Å²) in [5.74, 6) is 1.01. The van der Waals surface area contributed by atoms with Crippen molar-refractivity contribution in [3.05, 3.63) is 96.6 Å². The molecule has 0 unspecified atom stereocenters. The molecule has 0 spiro atoms. The Morgan fingerprint density at radius 1 is 0.667 bits per heavy atom. The molecule has 30 heavy (non-hydrogen) atoms. The predicted molar refractivity (Wildman–Crippen MR) is 121 cm³/mol. The van der Waals surface area contributed by atoms with Gasteiger partial charge in [-0.1, -0.05) is 79.7 Å². The molecule has 3 nitrogen and oxygen atoms in total. The second kappa shape index (κ2) is 7.53. The molecule has 0 aliphatic heterocycles. The van der Waals surface area contributed by atoms with E-state index in [1.54, 1.807) is 6.07 Å². The molecule has 0 atom stereocenters. The van der Waals surface area contributed by atoms with Gasteiger partial charge in [0.05, 0.1) is 0 Å². The van der Waals surface area contributed by atoms with E-state index in [9.17, 15) is 4.79 Å². The number of hydrogen-bond acceptors (Lipinski definition) is 3. The van der Waals surface area contributed by atoms with Crippen molar-refractivity contribution < 1.29 is 14.3 Å². The van der Waals surface area contributed by atoms with Crippen molar-refractivity contribution in [3.8, 4) is 11.5 Å². The first-order valence-electron chi connectivity index (χ1n) is 10.0. The number of rotatable bonds is 3. The first-order chi connectivity index (χ1) is 14.7. The van der Waals surface area contributed by atoms with Crippen LogP contribution in [0, 0.1) is 0 Å². The molecule has 0 bridgehead atoms. The van der Waals surface area contributed by atoms with Crippen molar-refractivity contribution in [1.82, 2.24) is 0 Å². The third kappa shape index (κ3) is 3.25. The highest BCUT2D eigenvalue weighted by atomic mass is 16.7. The van der Waals surface area contributed by atoms with Gasteiger partial charge >= 0.3 is 6.16 Å². The molecule has 0 saturated heterocycles. The van der Waals surface area contributed by atoms with Crippen LogP contribution in [0.4, 0.5) is 4.79 Å². The Bertz CT molecular complexity index is 1400. The molecule has 0 heterocycles. The van der Waals surface area contributed by atoms with E-state index in [4.69, 9.17) is 9.47 Å². The summed E-state index contributed by atoms with van der Waals surface area (Å²) in [6.07, 6.45) is 0.161. The zero-order valence-corrected chi connectivity index (χ0v) is 16.6. The van der Waals surface area contributed by atoms with Gasteiger partial charge in [0, 0.05) is 16.2 Å². The monoisotopic (exact) mass is 392 g/mol. The summed E-state index contributed by atoms with van der Waals surface area (Å²) in [5.41, 5.74) is 1.19. The molecule has 0 radical (unpaired) electrons. The van der Waals surface area contributed by atoms with Crippen LogP contribution in [-0.2, 0) is 6.42 Å². The lowest BCUT2D eigenvalue weighted by molar-refractivity contribution is 0.153. The zero-order valence-electron chi connectivity index (χ0n) is 16.6. The van der Waals surface area contributed by atoms with E-state index in [0.29, 0.717) is 11.5 Å². The fourth-order valence-electron chi connectivity index (χ4n) is 3.88. The van der Waals surface area contributed by atoms with Crippen LogP contribution in [0.5, 0.6) is 11.5 Å². The summed E-state index contributed by atoms with van der Waals surface area (Å²) < 4.78 is 11.5. The lowest BCUT2D eigenvalue weighted by Crippen LogP contribution is -2.14. The van der Waals surface area contributed by atoms with E-state index in [2.05, 4.69) is 31.2 Å². The first kappa shape index (κ1) is 18.2. The highest BCUT2D eigenvalue weighted by Gasteiger charge is 2.16. The Morgan fingerprint density at radius 3 is 2.20 bits per heavy atom. The molecule has 0 N–H and O–H groups in total. The van der Waals surface area contributed by atoms with Crippen molar-refractivity contribution in [2.45, 2.75) is 13.3 Å². The molecule has 5 aromatic rings. The Balaban J connectivity index is 1.58. The number of hydrogen-bond donors (Lipinski definition) is 0. The van der Waals surface area contributed by atoms with Crippen LogP contribution >= 0.6 is 0 Å². The van der Waals surface area contributed by atoms with Crippen molar-refractivity contribution in [2.24, 2.45) is 0 Å². The minimum atomic E-state index is -0.745. The van der Waals surface area contributed by atoms with Crippen LogP contribution < -0.4 is 9.47 Å². The molecule has 0 saturated carbocycles. The van der Waals surface area contributed by atoms with Crippen LogP contribution in [-0.4, -0.2) is 6.16 Å². The first-order valence-corrected chi connectivity index (χ1v) is 10.0. The van der Waals surface area contributed by atoms with Crippen molar-refractivity contribution >= 4 is 38.5 Å². The van der Waals surface area contributed by atoms with Crippen LogP contribution in [0.15, 0.2) is 91.0 Å². The van der Waals surface area contributed by atoms with E-state index in [1.165, 1.54) is 5.56 Å². The van der Waals surface area contributed by atoms with E-state index < -0.39 is 6.16 Å².